The highest BCUT2D eigenvalue weighted by atomic mass is 16.3. The Morgan fingerprint density at radius 2 is 2.24 bits per heavy atom. The smallest absolute Gasteiger partial charge is 0.274 e. The number of carbonyl (C=O) groups excluding carboxylic acids is 1. The first-order chi connectivity index (χ1) is 8.08. The largest absolute Gasteiger partial charge is 0.396 e. The maximum Gasteiger partial charge on any atom is 0.274 e. The van der Waals surface area contributed by atoms with Crippen LogP contribution in [0.4, 0.5) is 5.69 Å². The molecule has 0 spiro atoms. The molecule has 0 radical (unpaired) electrons. The molecule has 0 bridgehead atoms. The van der Waals surface area contributed by atoms with Gasteiger partial charge in [-0.2, -0.15) is 5.10 Å². The summed E-state index contributed by atoms with van der Waals surface area (Å²) in [4.78, 5) is 13.9. The van der Waals surface area contributed by atoms with Gasteiger partial charge in [-0.25, -0.2) is 0 Å². The maximum absolute atomic E-state index is 12.2. The second-order valence-corrected chi connectivity index (χ2v) is 4.44. The van der Waals surface area contributed by atoms with Crippen molar-refractivity contribution in [3.8, 4) is 0 Å². The molecule has 1 aromatic heterocycles. The number of hydrogen-bond acceptors (Lipinski definition) is 4. The van der Waals surface area contributed by atoms with Crippen LogP contribution in [0, 0.1) is 5.92 Å². The minimum absolute atomic E-state index is 0.0955. The van der Waals surface area contributed by atoms with E-state index in [0.717, 1.165) is 5.69 Å². The second-order valence-electron chi connectivity index (χ2n) is 4.44. The molecule has 1 aliphatic heterocycles. The summed E-state index contributed by atoms with van der Waals surface area (Å²) >= 11 is 0. The average Bonchev–Trinajstić information content (AvgIpc) is 2.52. The number of rotatable bonds is 3. The van der Waals surface area contributed by atoms with Crippen LogP contribution < -0.4 is 5.73 Å². The predicted molar refractivity (Wildman–Crippen MR) is 63.5 cm³/mol. The zero-order valence-electron chi connectivity index (χ0n) is 10.2. The summed E-state index contributed by atoms with van der Waals surface area (Å²) in [6.07, 6.45) is 0.715. The quantitative estimate of drug-likeness (QED) is 0.752. The van der Waals surface area contributed by atoms with Gasteiger partial charge in [-0.05, 0) is 6.42 Å². The molecule has 1 aliphatic rings. The van der Waals surface area contributed by atoms with Crippen molar-refractivity contribution in [1.29, 1.82) is 0 Å². The molecule has 0 aromatic carbocycles. The van der Waals surface area contributed by atoms with Crippen molar-refractivity contribution in [2.24, 2.45) is 13.0 Å². The van der Waals surface area contributed by atoms with E-state index in [0.29, 0.717) is 30.9 Å². The lowest BCUT2D eigenvalue weighted by molar-refractivity contribution is 0.0353. The lowest BCUT2D eigenvalue weighted by Crippen LogP contribution is -2.51. The molecule has 0 aliphatic carbocycles. The summed E-state index contributed by atoms with van der Waals surface area (Å²) in [5.74, 6) is 0.112. The first-order valence-corrected chi connectivity index (χ1v) is 5.79. The second kappa shape index (κ2) is 4.37. The molecule has 17 heavy (non-hydrogen) atoms. The molecule has 0 saturated carbocycles. The number of aliphatic hydroxyl groups excluding tert-OH is 1. The first-order valence-electron chi connectivity index (χ1n) is 5.79. The zero-order valence-corrected chi connectivity index (χ0v) is 10.2. The van der Waals surface area contributed by atoms with E-state index in [2.05, 4.69) is 5.10 Å². The summed E-state index contributed by atoms with van der Waals surface area (Å²) in [7, 11) is 1.73. The topological polar surface area (TPSA) is 84.4 Å². The lowest BCUT2D eigenvalue weighted by atomic mass is 10.0. The monoisotopic (exact) mass is 238 g/mol. The highest BCUT2D eigenvalue weighted by Gasteiger charge is 2.33. The van der Waals surface area contributed by atoms with Crippen molar-refractivity contribution in [2.75, 3.05) is 25.4 Å². The fourth-order valence-electron chi connectivity index (χ4n) is 2.11. The maximum atomic E-state index is 12.2. The Morgan fingerprint density at radius 3 is 2.71 bits per heavy atom. The fraction of sp³-hybridized carbons (Fsp3) is 0.636. The summed E-state index contributed by atoms with van der Waals surface area (Å²) in [5.41, 5.74) is 7.61. The molecule has 0 unspecified atom stereocenters. The van der Waals surface area contributed by atoms with Gasteiger partial charge in [0.1, 0.15) is 5.69 Å². The van der Waals surface area contributed by atoms with Gasteiger partial charge >= 0.3 is 0 Å². The Hall–Kier alpha value is -1.56. The van der Waals surface area contributed by atoms with Crippen LogP contribution in [0.2, 0.25) is 0 Å². The molecule has 2 heterocycles. The van der Waals surface area contributed by atoms with Crippen LogP contribution in [0.25, 0.3) is 0 Å². The number of carbonyl (C=O) groups is 1. The van der Waals surface area contributed by atoms with Crippen LogP contribution in [0.15, 0.2) is 0 Å². The molecule has 0 atom stereocenters. The molecular formula is C11H18N4O2. The number of aromatic nitrogens is 2. The normalized spacial score (nSPS) is 16.1. The minimum atomic E-state index is -0.0955. The highest BCUT2D eigenvalue weighted by Crippen LogP contribution is 2.23. The summed E-state index contributed by atoms with van der Waals surface area (Å²) in [5, 5.41) is 13.2. The number of anilines is 1. The SMILES string of the molecule is CCc1nn(C)c(C(=O)N2CC(CO)C2)c1N. The molecule has 1 amide bonds. The number of hydrogen-bond donors (Lipinski definition) is 2. The van der Waals surface area contributed by atoms with Crippen LogP contribution >= 0.6 is 0 Å². The number of aryl methyl sites for hydroxylation is 2. The summed E-state index contributed by atoms with van der Waals surface area (Å²) < 4.78 is 1.54. The Balaban J connectivity index is 2.17. The van der Waals surface area contributed by atoms with E-state index in [4.69, 9.17) is 10.8 Å². The van der Waals surface area contributed by atoms with Crippen molar-refractivity contribution in [1.82, 2.24) is 14.7 Å². The van der Waals surface area contributed by atoms with Crippen LogP contribution in [0.1, 0.15) is 23.1 Å². The van der Waals surface area contributed by atoms with Gasteiger partial charge in [-0.1, -0.05) is 6.92 Å². The van der Waals surface area contributed by atoms with Crippen LogP contribution in [-0.4, -0.2) is 45.4 Å². The molecule has 1 aromatic rings. The van der Waals surface area contributed by atoms with E-state index in [9.17, 15) is 4.79 Å². The number of likely N-dealkylation sites (tertiary alicyclic amines) is 1. The van der Waals surface area contributed by atoms with Crippen LogP contribution in [0.3, 0.4) is 0 Å². The van der Waals surface area contributed by atoms with E-state index >= 15 is 0 Å². The lowest BCUT2D eigenvalue weighted by Gasteiger charge is -2.38. The van der Waals surface area contributed by atoms with Crippen molar-refractivity contribution in [3.63, 3.8) is 0 Å². The predicted octanol–water partition coefficient (Wildman–Crippen LogP) is -0.371. The Morgan fingerprint density at radius 1 is 1.59 bits per heavy atom. The molecule has 2 rings (SSSR count). The number of nitrogen functional groups attached to an aromatic ring is 1. The van der Waals surface area contributed by atoms with E-state index in [1.807, 2.05) is 6.92 Å². The molecule has 6 nitrogen and oxygen atoms in total. The van der Waals surface area contributed by atoms with Crippen molar-refractivity contribution in [3.05, 3.63) is 11.4 Å². The number of aliphatic hydroxyl groups is 1. The Bertz CT molecular complexity index is 435. The van der Waals surface area contributed by atoms with Crippen molar-refractivity contribution in [2.45, 2.75) is 13.3 Å². The zero-order chi connectivity index (χ0) is 12.6. The fourth-order valence-corrected chi connectivity index (χ4v) is 2.11. The van der Waals surface area contributed by atoms with Gasteiger partial charge in [0.05, 0.1) is 11.4 Å². The van der Waals surface area contributed by atoms with Gasteiger partial charge < -0.3 is 15.7 Å². The van der Waals surface area contributed by atoms with Crippen molar-refractivity contribution >= 4 is 11.6 Å². The Labute approximate surface area is 100 Å². The standard InChI is InChI=1S/C11H18N4O2/c1-3-8-9(12)10(14(2)13-8)11(17)15-4-7(5-15)6-16/h7,16H,3-6,12H2,1-2H3. The highest BCUT2D eigenvalue weighted by molar-refractivity contribution is 5.98. The van der Waals surface area contributed by atoms with Gasteiger partial charge in [0.25, 0.3) is 5.91 Å². The third-order valence-electron chi connectivity index (χ3n) is 3.20. The molecule has 94 valence electrons. The minimum Gasteiger partial charge on any atom is -0.396 e. The third kappa shape index (κ3) is 1.88. The van der Waals surface area contributed by atoms with Gasteiger partial charge in [0.15, 0.2) is 0 Å². The number of nitrogens with two attached hydrogens (primary N) is 1. The molecule has 3 N–H and O–H groups in total. The summed E-state index contributed by atoms with van der Waals surface area (Å²) in [6, 6.07) is 0. The number of nitrogens with zero attached hydrogens (tertiary/aromatic N) is 3. The summed E-state index contributed by atoms with van der Waals surface area (Å²) in [6.45, 7) is 3.28. The van der Waals surface area contributed by atoms with Crippen molar-refractivity contribution < 1.29 is 9.90 Å². The van der Waals surface area contributed by atoms with Crippen LogP contribution in [0.5, 0.6) is 0 Å². The van der Waals surface area contributed by atoms with Gasteiger partial charge in [0.2, 0.25) is 0 Å². The number of amides is 1. The van der Waals surface area contributed by atoms with Gasteiger partial charge in [0, 0.05) is 32.7 Å². The van der Waals surface area contributed by atoms with Gasteiger partial charge in [-0.15, -0.1) is 0 Å². The average molecular weight is 238 g/mol. The van der Waals surface area contributed by atoms with Gasteiger partial charge in [-0.3, -0.25) is 9.48 Å². The van der Waals surface area contributed by atoms with E-state index in [1.54, 1.807) is 16.6 Å². The van der Waals surface area contributed by atoms with E-state index in [1.165, 1.54) is 0 Å². The third-order valence-corrected chi connectivity index (χ3v) is 3.20. The molecule has 6 heteroatoms. The Kier molecular flexibility index (Phi) is 3.06. The molecular weight excluding hydrogens is 220 g/mol. The molecule has 1 saturated heterocycles. The molecule has 1 fully saturated rings. The van der Waals surface area contributed by atoms with E-state index < -0.39 is 0 Å². The first kappa shape index (κ1) is 11.9. The van der Waals surface area contributed by atoms with Crippen LogP contribution in [-0.2, 0) is 13.5 Å². The van der Waals surface area contributed by atoms with E-state index in [-0.39, 0.29) is 18.4 Å².